The van der Waals surface area contributed by atoms with Crippen molar-refractivity contribution in [1.82, 2.24) is 4.31 Å². The first-order valence-electron chi connectivity index (χ1n) is 9.52. The van der Waals surface area contributed by atoms with E-state index in [9.17, 15) is 22.4 Å². The third-order valence-electron chi connectivity index (χ3n) is 5.19. The number of rotatable bonds is 4. The normalized spacial score (nSPS) is 18.8. The molecule has 1 unspecified atom stereocenters. The standard InChI is InChI=1S/C20H19ClFN3O5S/c1-11-7-15-17(30-10-19(26)24-15)9-18(11)31(28,29)25-6-2-3-16(25)20(27)23-12-4-5-14(22)13(21)8-12/h4-5,7-9,16H,2-3,6,10H2,1H3,(H,23,27)(H,24,26). The number of carbonyl (C=O) groups is 2. The van der Waals surface area contributed by atoms with Crippen molar-refractivity contribution in [3.8, 4) is 5.75 Å². The Bertz CT molecular complexity index is 1190. The maximum Gasteiger partial charge on any atom is 0.262 e. The molecule has 1 fully saturated rings. The van der Waals surface area contributed by atoms with Crippen molar-refractivity contribution in [2.24, 2.45) is 0 Å². The van der Waals surface area contributed by atoms with Crippen molar-refractivity contribution in [3.05, 3.63) is 46.7 Å². The zero-order valence-electron chi connectivity index (χ0n) is 16.4. The number of hydrogen-bond donors (Lipinski definition) is 2. The van der Waals surface area contributed by atoms with E-state index in [0.717, 1.165) is 10.4 Å². The SMILES string of the molecule is Cc1cc2c(cc1S(=O)(=O)N1CCCC1C(=O)Nc1ccc(F)c(Cl)c1)OCC(=O)N2. The summed E-state index contributed by atoms with van der Waals surface area (Å²) in [6.07, 6.45) is 0.856. The third-order valence-corrected chi connectivity index (χ3v) is 7.53. The van der Waals surface area contributed by atoms with Crippen LogP contribution < -0.4 is 15.4 Å². The van der Waals surface area contributed by atoms with E-state index in [2.05, 4.69) is 10.6 Å². The highest BCUT2D eigenvalue weighted by atomic mass is 35.5. The molecule has 8 nitrogen and oxygen atoms in total. The van der Waals surface area contributed by atoms with E-state index in [4.69, 9.17) is 16.3 Å². The Morgan fingerprint density at radius 2 is 2.10 bits per heavy atom. The first kappa shape index (κ1) is 21.5. The van der Waals surface area contributed by atoms with Crippen LogP contribution in [0.3, 0.4) is 0 Å². The lowest BCUT2D eigenvalue weighted by Gasteiger charge is -2.26. The summed E-state index contributed by atoms with van der Waals surface area (Å²) in [7, 11) is -4.02. The molecule has 2 heterocycles. The first-order chi connectivity index (χ1) is 14.7. The van der Waals surface area contributed by atoms with E-state index < -0.39 is 27.8 Å². The lowest BCUT2D eigenvalue weighted by atomic mass is 10.2. The van der Waals surface area contributed by atoms with Gasteiger partial charge in [0.1, 0.15) is 17.6 Å². The fourth-order valence-corrected chi connectivity index (χ4v) is 5.77. The predicted molar refractivity (Wildman–Crippen MR) is 112 cm³/mol. The second-order valence-electron chi connectivity index (χ2n) is 7.34. The average Bonchev–Trinajstić information content (AvgIpc) is 3.21. The first-order valence-corrected chi connectivity index (χ1v) is 11.3. The number of nitrogens with zero attached hydrogens (tertiary/aromatic N) is 1. The molecule has 31 heavy (non-hydrogen) atoms. The number of benzene rings is 2. The van der Waals surface area contributed by atoms with Crippen LogP contribution in [0.25, 0.3) is 0 Å². The van der Waals surface area contributed by atoms with Gasteiger partial charge < -0.3 is 15.4 Å². The summed E-state index contributed by atoms with van der Waals surface area (Å²) in [5.41, 5.74) is 1.09. The van der Waals surface area contributed by atoms with Gasteiger partial charge in [-0.25, -0.2) is 12.8 Å². The van der Waals surface area contributed by atoms with E-state index in [1.165, 1.54) is 24.3 Å². The van der Waals surface area contributed by atoms with Gasteiger partial charge in [-0.1, -0.05) is 11.6 Å². The highest BCUT2D eigenvalue weighted by Crippen LogP contribution is 2.36. The molecule has 0 spiro atoms. The third kappa shape index (κ3) is 4.10. The van der Waals surface area contributed by atoms with E-state index in [1.54, 1.807) is 6.92 Å². The molecule has 0 saturated carbocycles. The van der Waals surface area contributed by atoms with E-state index in [1.807, 2.05) is 0 Å². The minimum atomic E-state index is -4.02. The molecule has 0 aliphatic carbocycles. The number of nitrogens with one attached hydrogen (secondary N) is 2. The monoisotopic (exact) mass is 467 g/mol. The van der Waals surface area contributed by atoms with Gasteiger partial charge in [0.2, 0.25) is 15.9 Å². The summed E-state index contributed by atoms with van der Waals surface area (Å²) in [5.74, 6) is -1.21. The zero-order valence-corrected chi connectivity index (χ0v) is 18.0. The molecule has 0 bridgehead atoms. The molecule has 4 rings (SSSR count). The highest BCUT2D eigenvalue weighted by Gasteiger charge is 2.40. The van der Waals surface area contributed by atoms with Crippen molar-refractivity contribution in [2.75, 3.05) is 23.8 Å². The van der Waals surface area contributed by atoms with Gasteiger partial charge in [0.05, 0.1) is 15.6 Å². The number of halogens is 2. The molecule has 1 atom stereocenters. The summed E-state index contributed by atoms with van der Waals surface area (Å²) < 4.78 is 46.7. The smallest absolute Gasteiger partial charge is 0.262 e. The summed E-state index contributed by atoms with van der Waals surface area (Å²) in [6.45, 7) is 1.59. The zero-order chi connectivity index (χ0) is 22.3. The van der Waals surface area contributed by atoms with Gasteiger partial charge in [0.15, 0.2) is 6.61 Å². The van der Waals surface area contributed by atoms with Crippen molar-refractivity contribution in [3.63, 3.8) is 0 Å². The molecule has 0 aromatic heterocycles. The van der Waals surface area contributed by atoms with Gasteiger partial charge in [-0.2, -0.15) is 4.31 Å². The number of ether oxygens (including phenoxy) is 1. The number of aryl methyl sites for hydroxylation is 1. The van der Waals surface area contributed by atoms with Gasteiger partial charge in [0, 0.05) is 18.3 Å². The second-order valence-corrected chi connectivity index (χ2v) is 9.61. The molecule has 1 saturated heterocycles. The van der Waals surface area contributed by atoms with E-state index in [0.29, 0.717) is 24.1 Å². The van der Waals surface area contributed by atoms with Gasteiger partial charge in [-0.15, -0.1) is 0 Å². The molecule has 2 aromatic rings. The van der Waals surface area contributed by atoms with E-state index >= 15 is 0 Å². The van der Waals surface area contributed by atoms with Crippen molar-refractivity contribution in [1.29, 1.82) is 0 Å². The number of carbonyl (C=O) groups excluding carboxylic acids is 2. The maximum absolute atomic E-state index is 13.4. The largest absolute Gasteiger partial charge is 0.482 e. The lowest BCUT2D eigenvalue weighted by molar-refractivity contribution is -0.119. The Labute approximate surface area is 183 Å². The topological polar surface area (TPSA) is 105 Å². The van der Waals surface area contributed by atoms with Gasteiger partial charge in [0.25, 0.3) is 5.91 Å². The molecule has 2 aromatic carbocycles. The fraction of sp³-hybridized carbons (Fsp3) is 0.300. The number of hydrogen-bond acceptors (Lipinski definition) is 5. The Hall–Kier alpha value is -2.69. The molecule has 0 radical (unpaired) electrons. The van der Waals surface area contributed by atoms with Crippen molar-refractivity contribution in [2.45, 2.75) is 30.7 Å². The minimum absolute atomic E-state index is 0.00641. The molecular weight excluding hydrogens is 449 g/mol. The van der Waals surface area contributed by atoms with Gasteiger partial charge >= 0.3 is 0 Å². The lowest BCUT2D eigenvalue weighted by Crippen LogP contribution is -2.43. The van der Waals surface area contributed by atoms with Crippen LogP contribution in [0.4, 0.5) is 15.8 Å². The van der Waals surface area contributed by atoms with Crippen LogP contribution in [0.15, 0.2) is 35.2 Å². The van der Waals surface area contributed by atoms with Crippen molar-refractivity contribution >= 4 is 44.8 Å². The van der Waals surface area contributed by atoms with Crippen LogP contribution >= 0.6 is 11.6 Å². The van der Waals surface area contributed by atoms with Crippen LogP contribution in [0.5, 0.6) is 5.75 Å². The van der Waals surface area contributed by atoms with Crippen LogP contribution in [0, 0.1) is 12.7 Å². The number of anilines is 2. The van der Waals surface area contributed by atoms with Gasteiger partial charge in [-0.05, 0) is 49.6 Å². The Morgan fingerprint density at radius 1 is 1.32 bits per heavy atom. The molecule has 11 heteroatoms. The molecule has 2 aliphatic heterocycles. The molecule has 2 N–H and O–H groups in total. The van der Waals surface area contributed by atoms with Crippen molar-refractivity contribution < 1.29 is 27.1 Å². The fourth-order valence-electron chi connectivity index (χ4n) is 3.71. The number of fused-ring (bicyclic) bond motifs is 1. The summed E-state index contributed by atoms with van der Waals surface area (Å²) in [4.78, 5) is 24.3. The predicted octanol–water partition coefficient (Wildman–Crippen LogP) is 2.91. The van der Waals surface area contributed by atoms with Crippen LogP contribution in [0.2, 0.25) is 5.02 Å². The Morgan fingerprint density at radius 3 is 2.84 bits per heavy atom. The van der Waals surface area contributed by atoms with Crippen LogP contribution in [0.1, 0.15) is 18.4 Å². The quantitative estimate of drug-likeness (QED) is 0.719. The molecular formula is C20H19ClFN3O5S. The molecule has 164 valence electrons. The number of amides is 2. The maximum atomic E-state index is 13.4. The molecule has 2 amide bonds. The van der Waals surface area contributed by atoms with Crippen LogP contribution in [-0.4, -0.2) is 43.7 Å². The molecule has 2 aliphatic rings. The Kier molecular flexibility index (Phi) is 5.63. The second kappa shape index (κ2) is 8.10. The minimum Gasteiger partial charge on any atom is -0.482 e. The highest BCUT2D eigenvalue weighted by molar-refractivity contribution is 7.89. The number of sulfonamides is 1. The Balaban J connectivity index is 1.61. The van der Waals surface area contributed by atoms with E-state index in [-0.39, 0.29) is 40.4 Å². The average molecular weight is 468 g/mol. The summed E-state index contributed by atoms with van der Waals surface area (Å²) in [6, 6.07) is 5.71. The van der Waals surface area contributed by atoms with Gasteiger partial charge in [-0.3, -0.25) is 9.59 Å². The van der Waals surface area contributed by atoms with Crippen LogP contribution in [-0.2, 0) is 19.6 Å². The summed E-state index contributed by atoms with van der Waals surface area (Å²) in [5, 5.41) is 5.10. The summed E-state index contributed by atoms with van der Waals surface area (Å²) >= 11 is 5.75.